The standard InChI is InChI=1S/C13H18O4S/c1-2-13(14)10-3-5-11(6-4-10)17-12-7-8-18(15,16)9-12/h3-6,12-14H,2,7-9H2,1H3/t12?,13-/m0/s1. The lowest BCUT2D eigenvalue weighted by atomic mass is 10.1. The van der Waals surface area contributed by atoms with E-state index in [0.29, 0.717) is 18.6 Å². The van der Waals surface area contributed by atoms with E-state index in [1.54, 1.807) is 12.1 Å². The molecule has 0 bridgehead atoms. The zero-order chi connectivity index (χ0) is 13.2. The van der Waals surface area contributed by atoms with Gasteiger partial charge in [-0.1, -0.05) is 19.1 Å². The van der Waals surface area contributed by atoms with Gasteiger partial charge < -0.3 is 9.84 Å². The number of ether oxygens (including phenoxy) is 1. The van der Waals surface area contributed by atoms with Gasteiger partial charge in [-0.05, 0) is 30.5 Å². The van der Waals surface area contributed by atoms with E-state index in [-0.39, 0.29) is 17.6 Å². The van der Waals surface area contributed by atoms with Crippen molar-refractivity contribution >= 4 is 9.84 Å². The van der Waals surface area contributed by atoms with Gasteiger partial charge in [0.25, 0.3) is 0 Å². The normalized spacial score (nSPS) is 23.8. The van der Waals surface area contributed by atoms with Crippen molar-refractivity contribution in [1.82, 2.24) is 0 Å². The van der Waals surface area contributed by atoms with E-state index in [1.165, 1.54) is 0 Å². The summed E-state index contributed by atoms with van der Waals surface area (Å²) in [6.07, 6.45) is 0.533. The summed E-state index contributed by atoms with van der Waals surface area (Å²) < 4.78 is 28.2. The molecule has 1 aromatic carbocycles. The molecular formula is C13H18O4S. The lowest BCUT2D eigenvalue weighted by Gasteiger charge is -2.13. The van der Waals surface area contributed by atoms with Gasteiger partial charge in [-0.25, -0.2) is 8.42 Å². The Bertz CT molecular complexity index is 492. The molecule has 1 fully saturated rings. The number of rotatable bonds is 4. The molecule has 0 spiro atoms. The first kappa shape index (κ1) is 13.4. The highest BCUT2D eigenvalue weighted by Gasteiger charge is 2.29. The molecule has 4 nitrogen and oxygen atoms in total. The highest BCUT2D eigenvalue weighted by atomic mass is 32.2. The molecule has 1 saturated heterocycles. The third-order valence-electron chi connectivity index (χ3n) is 3.14. The number of hydrogen-bond donors (Lipinski definition) is 1. The average molecular weight is 270 g/mol. The van der Waals surface area contributed by atoms with Crippen LogP contribution in [0.2, 0.25) is 0 Å². The number of aliphatic hydroxyl groups is 1. The minimum atomic E-state index is -2.91. The molecule has 0 amide bonds. The van der Waals surface area contributed by atoms with Crippen molar-refractivity contribution in [1.29, 1.82) is 0 Å². The fourth-order valence-electron chi connectivity index (χ4n) is 2.05. The largest absolute Gasteiger partial charge is 0.489 e. The van der Waals surface area contributed by atoms with Crippen LogP contribution in [0.4, 0.5) is 0 Å². The van der Waals surface area contributed by atoms with Crippen LogP contribution in [0.15, 0.2) is 24.3 Å². The fourth-order valence-corrected chi connectivity index (χ4v) is 3.64. The topological polar surface area (TPSA) is 63.6 Å². The summed E-state index contributed by atoms with van der Waals surface area (Å²) >= 11 is 0. The lowest BCUT2D eigenvalue weighted by molar-refractivity contribution is 0.173. The molecule has 0 aromatic heterocycles. The van der Waals surface area contributed by atoms with Crippen LogP contribution in [0.1, 0.15) is 31.4 Å². The molecule has 1 heterocycles. The summed E-state index contributed by atoms with van der Waals surface area (Å²) in [4.78, 5) is 0. The van der Waals surface area contributed by atoms with Gasteiger partial charge in [0.1, 0.15) is 11.9 Å². The Morgan fingerprint density at radius 3 is 2.56 bits per heavy atom. The summed E-state index contributed by atoms with van der Waals surface area (Å²) in [5.41, 5.74) is 0.851. The van der Waals surface area contributed by atoms with E-state index in [1.807, 2.05) is 19.1 Å². The first-order valence-corrected chi connectivity index (χ1v) is 7.97. The molecule has 0 radical (unpaired) electrons. The predicted molar refractivity (Wildman–Crippen MR) is 69.4 cm³/mol. The number of hydrogen-bond acceptors (Lipinski definition) is 4. The summed E-state index contributed by atoms with van der Waals surface area (Å²) in [5, 5.41) is 9.65. The van der Waals surface area contributed by atoms with E-state index in [2.05, 4.69) is 0 Å². The molecule has 18 heavy (non-hydrogen) atoms. The lowest BCUT2D eigenvalue weighted by Crippen LogP contribution is -2.17. The van der Waals surface area contributed by atoms with E-state index >= 15 is 0 Å². The van der Waals surface area contributed by atoms with Gasteiger partial charge in [-0.15, -0.1) is 0 Å². The molecule has 2 rings (SSSR count). The highest BCUT2D eigenvalue weighted by Crippen LogP contribution is 2.23. The third-order valence-corrected chi connectivity index (χ3v) is 4.88. The summed E-state index contributed by atoms with van der Waals surface area (Å²) in [6.45, 7) is 1.92. The molecule has 1 unspecified atom stereocenters. The molecule has 1 aromatic rings. The Morgan fingerprint density at radius 1 is 1.39 bits per heavy atom. The van der Waals surface area contributed by atoms with Crippen molar-refractivity contribution in [2.75, 3.05) is 11.5 Å². The molecule has 1 N–H and O–H groups in total. The van der Waals surface area contributed by atoms with Crippen molar-refractivity contribution in [3.8, 4) is 5.75 Å². The molecule has 2 atom stereocenters. The second-order valence-electron chi connectivity index (χ2n) is 4.64. The smallest absolute Gasteiger partial charge is 0.154 e. The van der Waals surface area contributed by atoms with Gasteiger partial charge in [0.15, 0.2) is 9.84 Å². The molecule has 0 saturated carbocycles. The van der Waals surface area contributed by atoms with Crippen molar-refractivity contribution in [2.24, 2.45) is 0 Å². The van der Waals surface area contributed by atoms with Crippen LogP contribution in [0.3, 0.4) is 0 Å². The molecule has 0 aliphatic carbocycles. The second kappa shape index (κ2) is 5.28. The van der Waals surface area contributed by atoms with Crippen molar-refractivity contribution < 1.29 is 18.3 Å². The molecular weight excluding hydrogens is 252 g/mol. The van der Waals surface area contributed by atoms with Crippen LogP contribution in [0, 0.1) is 0 Å². The van der Waals surface area contributed by atoms with E-state index in [4.69, 9.17) is 4.74 Å². The molecule has 1 aliphatic heterocycles. The van der Waals surface area contributed by atoms with Gasteiger partial charge in [0.2, 0.25) is 0 Å². The average Bonchev–Trinajstić information content (AvgIpc) is 2.68. The van der Waals surface area contributed by atoms with Crippen LogP contribution in [-0.4, -0.2) is 31.1 Å². The third kappa shape index (κ3) is 3.23. The minimum Gasteiger partial charge on any atom is -0.489 e. The minimum absolute atomic E-state index is 0.104. The Labute approximate surface area is 108 Å². The summed E-state index contributed by atoms with van der Waals surface area (Å²) in [7, 11) is -2.91. The van der Waals surface area contributed by atoms with Crippen molar-refractivity contribution in [3.63, 3.8) is 0 Å². The van der Waals surface area contributed by atoms with Gasteiger partial charge >= 0.3 is 0 Å². The Kier molecular flexibility index (Phi) is 3.92. The van der Waals surface area contributed by atoms with Gasteiger partial charge in [-0.2, -0.15) is 0 Å². The van der Waals surface area contributed by atoms with Gasteiger partial charge in [-0.3, -0.25) is 0 Å². The Hall–Kier alpha value is -1.07. The quantitative estimate of drug-likeness (QED) is 0.904. The highest BCUT2D eigenvalue weighted by molar-refractivity contribution is 7.91. The Morgan fingerprint density at radius 2 is 2.06 bits per heavy atom. The fraction of sp³-hybridized carbons (Fsp3) is 0.538. The maximum atomic E-state index is 11.3. The van der Waals surface area contributed by atoms with E-state index in [0.717, 1.165) is 5.56 Å². The van der Waals surface area contributed by atoms with Crippen molar-refractivity contribution in [3.05, 3.63) is 29.8 Å². The second-order valence-corrected chi connectivity index (χ2v) is 6.86. The van der Waals surface area contributed by atoms with E-state index in [9.17, 15) is 13.5 Å². The zero-order valence-electron chi connectivity index (χ0n) is 10.4. The zero-order valence-corrected chi connectivity index (χ0v) is 11.2. The maximum Gasteiger partial charge on any atom is 0.154 e. The monoisotopic (exact) mass is 270 g/mol. The predicted octanol–water partition coefficient (Wildman–Crippen LogP) is 1.70. The number of benzene rings is 1. The number of sulfone groups is 1. The van der Waals surface area contributed by atoms with Gasteiger partial charge in [0, 0.05) is 0 Å². The first-order chi connectivity index (χ1) is 8.50. The van der Waals surface area contributed by atoms with Crippen LogP contribution in [0.25, 0.3) is 0 Å². The van der Waals surface area contributed by atoms with Gasteiger partial charge in [0.05, 0.1) is 17.6 Å². The van der Waals surface area contributed by atoms with Crippen LogP contribution < -0.4 is 4.74 Å². The molecule has 1 aliphatic rings. The molecule has 100 valence electrons. The molecule has 5 heteroatoms. The first-order valence-electron chi connectivity index (χ1n) is 6.15. The van der Waals surface area contributed by atoms with Crippen LogP contribution in [0.5, 0.6) is 5.75 Å². The number of aliphatic hydroxyl groups excluding tert-OH is 1. The van der Waals surface area contributed by atoms with Crippen LogP contribution in [-0.2, 0) is 9.84 Å². The summed E-state index contributed by atoms with van der Waals surface area (Å²) in [5.74, 6) is 0.973. The Balaban J connectivity index is 1.99. The van der Waals surface area contributed by atoms with E-state index < -0.39 is 15.9 Å². The summed E-state index contributed by atoms with van der Waals surface area (Å²) in [6, 6.07) is 7.18. The van der Waals surface area contributed by atoms with Crippen molar-refractivity contribution in [2.45, 2.75) is 32.0 Å². The SMILES string of the molecule is CC[C@H](O)c1ccc(OC2CCS(=O)(=O)C2)cc1. The maximum absolute atomic E-state index is 11.3. The van der Waals surface area contributed by atoms with Crippen LogP contribution >= 0.6 is 0 Å².